The summed E-state index contributed by atoms with van der Waals surface area (Å²) in [5.41, 5.74) is 3.25. The highest BCUT2D eigenvalue weighted by Crippen LogP contribution is 2.22. The Hall–Kier alpha value is -3.16. The highest BCUT2D eigenvalue weighted by Gasteiger charge is 2.39. The van der Waals surface area contributed by atoms with Gasteiger partial charge in [0.1, 0.15) is 5.92 Å². The van der Waals surface area contributed by atoms with Gasteiger partial charge >= 0.3 is 11.9 Å². The maximum absolute atomic E-state index is 12.1. The van der Waals surface area contributed by atoms with Crippen LogP contribution in [0.4, 0.5) is 5.69 Å². The second kappa shape index (κ2) is 10.7. The molecule has 27 heavy (non-hydrogen) atoms. The molecule has 0 radical (unpaired) electrons. The van der Waals surface area contributed by atoms with Crippen LogP contribution in [0.5, 0.6) is 0 Å². The van der Waals surface area contributed by atoms with Crippen molar-refractivity contribution in [2.24, 2.45) is 5.92 Å². The van der Waals surface area contributed by atoms with Crippen LogP contribution < -0.4 is 10.4 Å². The van der Waals surface area contributed by atoms with Crippen LogP contribution in [0.15, 0.2) is 42.0 Å². The average molecular weight is 376 g/mol. The van der Waals surface area contributed by atoms with Crippen molar-refractivity contribution in [2.75, 3.05) is 5.01 Å². The number of anilines is 1. The summed E-state index contributed by atoms with van der Waals surface area (Å²) in [5, 5.41) is 17.8. The van der Waals surface area contributed by atoms with Gasteiger partial charge in [-0.15, -0.1) is 0 Å². The van der Waals surface area contributed by atoms with Crippen LogP contribution in [0.3, 0.4) is 0 Å². The zero-order valence-electron chi connectivity index (χ0n) is 15.3. The molecule has 3 N–H and O–H groups in total. The maximum atomic E-state index is 12.1. The van der Waals surface area contributed by atoms with Gasteiger partial charge in [-0.25, -0.2) is 14.6 Å². The number of aliphatic carboxylic acids is 2. The number of nitrogens with one attached hydrogen (secondary N) is 1. The number of carbonyl (C=O) groups is 4. The summed E-state index contributed by atoms with van der Waals surface area (Å²) in [6, 6.07) is 9.17. The number of carboxylic acids is 2. The van der Waals surface area contributed by atoms with Gasteiger partial charge in [-0.3, -0.25) is 15.0 Å². The Labute approximate surface area is 157 Å². The SMILES string of the molecule is CC/C(=C\C(=O)O)C(=O)O.CCCCC1C(=O)NN(c2ccccc2)C1=O. The van der Waals surface area contributed by atoms with Crippen molar-refractivity contribution in [1.29, 1.82) is 0 Å². The van der Waals surface area contributed by atoms with Gasteiger partial charge in [0, 0.05) is 11.6 Å². The van der Waals surface area contributed by atoms with Crippen molar-refractivity contribution in [3.05, 3.63) is 42.0 Å². The average Bonchev–Trinajstić information content (AvgIpc) is 2.93. The van der Waals surface area contributed by atoms with Crippen molar-refractivity contribution in [1.82, 2.24) is 5.43 Å². The molecular weight excluding hydrogens is 352 g/mol. The molecule has 1 atom stereocenters. The first-order chi connectivity index (χ1) is 12.8. The normalized spacial score (nSPS) is 16.4. The fourth-order valence-corrected chi connectivity index (χ4v) is 2.41. The molecule has 1 aliphatic rings. The molecule has 0 spiro atoms. The molecule has 1 heterocycles. The lowest BCUT2D eigenvalue weighted by Gasteiger charge is -2.14. The Morgan fingerprint density at radius 1 is 1.15 bits per heavy atom. The van der Waals surface area contributed by atoms with E-state index in [2.05, 4.69) is 5.43 Å². The molecule has 1 aromatic carbocycles. The second-order valence-electron chi connectivity index (χ2n) is 5.85. The fourth-order valence-electron chi connectivity index (χ4n) is 2.41. The number of benzene rings is 1. The molecule has 1 fully saturated rings. The van der Waals surface area contributed by atoms with E-state index >= 15 is 0 Å². The minimum atomic E-state index is -1.22. The van der Waals surface area contributed by atoms with Gasteiger partial charge in [-0.05, 0) is 25.0 Å². The molecule has 1 saturated heterocycles. The van der Waals surface area contributed by atoms with Crippen molar-refractivity contribution < 1.29 is 29.4 Å². The number of para-hydroxylation sites is 1. The number of hydrogen-bond donors (Lipinski definition) is 3. The predicted octanol–water partition coefficient (Wildman–Crippen LogP) is 2.36. The summed E-state index contributed by atoms with van der Waals surface area (Å²) in [7, 11) is 0. The van der Waals surface area contributed by atoms with Crippen LogP contribution in [0.25, 0.3) is 0 Å². The molecule has 0 bridgehead atoms. The molecule has 1 aromatic rings. The van der Waals surface area contributed by atoms with Gasteiger partial charge in [0.25, 0.3) is 11.8 Å². The van der Waals surface area contributed by atoms with Crippen LogP contribution in [0.2, 0.25) is 0 Å². The third-order valence-electron chi connectivity index (χ3n) is 3.87. The van der Waals surface area contributed by atoms with E-state index in [-0.39, 0.29) is 23.8 Å². The number of nitrogens with zero attached hydrogens (tertiary/aromatic N) is 1. The number of carbonyl (C=O) groups excluding carboxylic acids is 2. The Bertz CT molecular complexity index is 714. The van der Waals surface area contributed by atoms with E-state index in [1.807, 2.05) is 25.1 Å². The van der Waals surface area contributed by atoms with Crippen LogP contribution in [0.1, 0.15) is 39.5 Å². The predicted molar refractivity (Wildman–Crippen MR) is 98.7 cm³/mol. The Morgan fingerprint density at radius 3 is 2.22 bits per heavy atom. The fraction of sp³-hybridized carbons (Fsp3) is 0.368. The first-order valence-corrected chi connectivity index (χ1v) is 8.68. The minimum Gasteiger partial charge on any atom is -0.478 e. The molecule has 1 unspecified atom stereocenters. The number of amides is 2. The van der Waals surface area contributed by atoms with E-state index < -0.39 is 17.9 Å². The third kappa shape index (κ3) is 6.58. The monoisotopic (exact) mass is 376 g/mol. The first-order valence-electron chi connectivity index (χ1n) is 8.68. The molecule has 2 amide bonds. The van der Waals surface area contributed by atoms with Crippen LogP contribution in [0, 0.1) is 5.92 Å². The Kier molecular flexibility index (Phi) is 8.71. The zero-order valence-corrected chi connectivity index (χ0v) is 15.3. The number of hydrogen-bond acceptors (Lipinski definition) is 4. The van der Waals surface area contributed by atoms with Crippen molar-refractivity contribution in [2.45, 2.75) is 39.5 Å². The molecular formula is C19H24N2O6. The Balaban J connectivity index is 0.000000314. The van der Waals surface area contributed by atoms with Gasteiger partial charge in [-0.1, -0.05) is 44.9 Å². The Morgan fingerprint density at radius 2 is 1.78 bits per heavy atom. The molecule has 0 aliphatic carbocycles. The lowest BCUT2D eigenvalue weighted by Crippen LogP contribution is -2.35. The standard InChI is InChI=1S/C13H16N2O2.C6H8O4/c1-2-3-9-11-12(16)14-15(13(11)17)10-7-5-4-6-8-10;1-2-4(6(9)10)3-5(7)8/h4-8,11H,2-3,9H2,1H3,(H,14,16);3H,2H2,1H3,(H,7,8)(H,9,10)/b;4-3+. The third-order valence-corrected chi connectivity index (χ3v) is 3.87. The first kappa shape index (κ1) is 21.9. The van der Waals surface area contributed by atoms with Crippen molar-refractivity contribution in [3.63, 3.8) is 0 Å². The zero-order chi connectivity index (χ0) is 20.4. The largest absolute Gasteiger partial charge is 0.478 e. The van der Waals surface area contributed by atoms with E-state index in [1.54, 1.807) is 19.1 Å². The second-order valence-corrected chi connectivity index (χ2v) is 5.85. The van der Waals surface area contributed by atoms with E-state index in [1.165, 1.54) is 5.01 Å². The number of carboxylic acid groups (broad SMARTS) is 2. The molecule has 146 valence electrons. The highest BCUT2D eigenvalue weighted by molar-refractivity contribution is 6.14. The van der Waals surface area contributed by atoms with Gasteiger partial charge in [0.2, 0.25) is 0 Å². The summed E-state index contributed by atoms with van der Waals surface area (Å²) in [6.07, 6.45) is 3.43. The molecule has 1 aliphatic heterocycles. The lowest BCUT2D eigenvalue weighted by atomic mass is 10.0. The summed E-state index contributed by atoms with van der Waals surface area (Å²) >= 11 is 0. The van der Waals surface area contributed by atoms with Crippen LogP contribution in [-0.4, -0.2) is 34.0 Å². The van der Waals surface area contributed by atoms with Gasteiger partial charge < -0.3 is 10.2 Å². The van der Waals surface area contributed by atoms with Crippen LogP contribution >= 0.6 is 0 Å². The number of rotatable bonds is 7. The molecule has 0 saturated carbocycles. The van der Waals surface area contributed by atoms with Gasteiger partial charge in [0.05, 0.1) is 5.69 Å². The highest BCUT2D eigenvalue weighted by atomic mass is 16.4. The number of unbranched alkanes of at least 4 members (excludes halogenated alkanes) is 1. The summed E-state index contributed by atoms with van der Waals surface area (Å²) in [5.74, 6) is -3.25. The number of hydrazine groups is 1. The van der Waals surface area contributed by atoms with Gasteiger partial charge in [-0.2, -0.15) is 0 Å². The topological polar surface area (TPSA) is 124 Å². The van der Waals surface area contributed by atoms with E-state index in [0.717, 1.165) is 12.8 Å². The molecule has 2 rings (SSSR count). The van der Waals surface area contributed by atoms with E-state index in [4.69, 9.17) is 10.2 Å². The lowest BCUT2D eigenvalue weighted by molar-refractivity contribution is -0.135. The van der Waals surface area contributed by atoms with Crippen molar-refractivity contribution >= 4 is 29.4 Å². The van der Waals surface area contributed by atoms with Gasteiger partial charge in [0.15, 0.2) is 0 Å². The summed E-state index contributed by atoms with van der Waals surface area (Å²) < 4.78 is 0. The maximum Gasteiger partial charge on any atom is 0.331 e. The van der Waals surface area contributed by atoms with Crippen LogP contribution in [-0.2, 0) is 19.2 Å². The summed E-state index contributed by atoms with van der Waals surface area (Å²) in [6.45, 7) is 3.63. The quantitative estimate of drug-likeness (QED) is 0.496. The molecule has 0 aromatic heterocycles. The van der Waals surface area contributed by atoms with Crippen molar-refractivity contribution in [3.8, 4) is 0 Å². The minimum absolute atomic E-state index is 0.0903. The van der Waals surface area contributed by atoms with E-state index in [0.29, 0.717) is 18.2 Å². The summed E-state index contributed by atoms with van der Waals surface area (Å²) in [4.78, 5) is 43.8. The molecule has 8 heteroatoms. The molecule has 8 nitrogen and oxygen atoms in total. The van der Waals surface area contributed by atoms with E-state index in [9.17, 15) is 19.2 Å². The smallest absolute Gasteiger partial charge is 0.331 e.